The van der Waals surface area contributed by atoms with Gasteiger partial charge in [-0.05, 0) is 42.7 Å². The van der Waals surface area contributed by atoms with Gasteiger partial charge in [-0.1, -0.05) is 6.07 Å². The lowest BCUT2D eigenvalue weighted by molar-refractivity contribution is 0.506. The molecule has 0 unspecified atom stereocenters. The zero-order valence-electron chi connectivity index (χ0n) is 14.6. The maximum atomic E-state index is 13.3. The molecule has 0 atom stereocenters. The maximum Gasteiger partial charge on any atom is 0.255 e. The molecule has 5 nitrogen and oxygen atoms in total. The molecule has 27 heavy (non-hydrogen) atoms. The summed E-state index contributed by atoms with van der Waals surface area (Å²) in [5.41, 5.74) is 2.15. The van der Waals surface area contributed by atoms with Gasteiger partial charge in [0.15, 0.2) is 11.6 Å². The van der Waals surface area contributed by atoms with Crippen molar-refractivity contribution >= 4 is 5.95 Å². The van der Waals surface area contributed by atoms with Crippen LogP contribution in [0.4, 0.5) is 14.7 Å². The fraction of sp³-hybridized carbons (Fsp3) is 0.250. The molecular weight excluding hydrogens is 350 g/mol. The first kappa shape index (κ1) is 17.3. The molecule has 0 N–H and O–H groups in total. The minimum atomic E-state index is -0.834. The molecule has 3 aromatic rings. The standard InChI is InChI=1S/C20H18F2N4O/c21-16-4-3-14(12-17(16)22)2-1-9-25-10-11-26-19(27)13-18(24-20(25)26)15-5-7-23-8-6-15/h3-8,12-13H,1-2,9-11H2. The minimum absolute atomic E-state index is 0.0742. The van der Waals surface area contributed by atoms with Crippen molar-refractivity contribution in [1.82, 2.24) is 14.5 Å². The number of benzene rings is 1. The monoisotopic (exact) mass is 368 g/mol. The first-order valence-corrected chi connectivity index (χ1v) is 8.83. The molecule has 1 aromatic carbocycles. The molecule has 0 spiro atoms. The van der Waals surface area contributed by atoms with E-state index in [0.717, 1.165) is 23.6 Å². The summed E-state index contributed by atoms with van der Waals surface area (Å²) >= 11 is 0. The topological polar surface area (TPSA) is 51.0 Å². The van der Waals surface area contributed by atoms with Crippen molar-refractivity contribution in [2.24, 2.45) is 0 Å². The number of rotatable bonds is 5. The fourth-order valence-electron chi connectivity index (χ4n) is 3.32. The summed E-state index contributed by atoms with van der Waals surface area (Å²) in [4.78, 5) is 23.1. The quantitative estimate of drug-likeness (QED) is 0.695. The summed E-state index contributed by atoms with van der Waals surface area (Å²) in [5, 5.41) is 0. The highest BCUT2D eigenvalue weighted by Gasteiger charge is 2.22. The first-order valence-electron chi connectivity index (χ1n) is 8.83. The highest BCUT2D eigenvalue weighted by molar-refractivity contribution is 5.59. The van der Waals surface area contributed by atoms with Gasteiger partial charge in [-0.25, -0.2) is 13.8 Å². The Morgan fingerprint density at radius 1 is 1.00 bits per heavy atom. The second kappa shape index (κ2) is 7.26. The van der Waals surface area contributed by atoms with Crippen LogP contribution in [0, 0.1) is 11.6 Å². The van der Waals surface area contributed by atoms with Gasteiger partial charge in [0.05, 0.1) is 5.69 Å². The van der Waals surface area contributed by atoms with Crippen LogP contribution in [0.1, 0.15) is 12.0 Å². The van der Waals surface area contributed by atoms with Crippen molar-refractivity contribution in [3.63, 3.8) is 0 Å². The maximum absolute atomic E-state index is 13.3. The van der Waals surface area contributed by atoms with Crippen LogP contribution in [0.5, 0.6) is 0 Å². The van der Waals surface area contributed by atoms with Gasteiger partial charge in [0.1, 0.15) is 0 Å². The largest absolute Gasteiger partial charge is 0.340 e. The molecule has 0 saturated heterocycles. The van der Waals surface area contributed by atoms with E-state index in [4.69, 9.17) is 0 Å². The van der Waals surface area contributed by atoms with Gasteiger partial charge in [0.25, 0.3) is 5.56 Å². The lowest BCUT2D eigenvalue weighted by atomic mass is 10.1. The van der Waals surface area contributed by atoms with Crippen molar-refractivity contribution in [2.45, 2.75) is 19.4 Å². The first-order chi connectivity index (χ1) is 13.1. The molecule has 1 aliphatic rings. The van der Waals surface area contributed by atoms with Crippen LogP contribution in [0.3, 0.4) is 0 Å². The fourth-order valence-corrected chi connectivity index (χ4v) is 3.32. The summed E-state index contributed by atoms with van der Waals surface area (Å²) in [5.74, 6) is -1.01. The summed E-state index contributed by atoms with van der Waals surface area (Å²) in [7, 11) is 0. The summed E-state index contributed by atoms with van der Waals surface area (Å²) < 4.78 is 28.0. The number of halogens is 2. The SMILES string of the molecule is O=c1cc(-c2ccncc2)nc2n1CCN2CCCc1ccc(F)c(F)c1. The Hall–Kier alpha value is -3.09. The predicted molar refractivity (Wildman–Crippen MR) is 98.6 cm³/mol. The van der Waals surface area contributed by atoms with Gasteiger partial charge >= 0.3 is 0 Å². The van der Waals surface area contributed by atoms with Crippen LogP contribution in [0.25, 0.3) is 11.3 Å². The van der Waals surface area contributed by atoms with E-state index in [-0.39, 0.29) is 5.56 Å². The number of aromatic nitrogens is 3. The summed E-state index contributed by atoms with van der Waals surface area (Å²) in [6, 6.07) is 9.17. The van der Waals surface area contributed by atoms with E-state index < -0.39 is 11.6 Å². The van der Waals surface area contributed by atoms with E-state index in [9.17, 15) is 13.6 Å². The minimum Gasteiger partial charge on any atom is -0.340 e. The Morgan fingerprint density at radius 2 is 1.81 bits per heavy atom. The van der Waals surface area contributed by atoms with Crippen molar-refractivity contribution in [2.75, 3.05) is 18.0 Å². The van der Waals surface area contributed by atoms with Crippen molar-refractivity contribution in [3.05, 3.63) is 76.3 Å². The Balaban J connectivity index is 1.50. The average molecular weight is 368 g/mol. The Kier molecular flexibility index (Phi) is 4.66. The van der Waals surface area contributed by atoms with Gasteiger partial charge in [0.2, 0.25) is 5.95 Å². The third kappa shape index (κ3) is 3.58. The predicted octanol–water partition coefficient (Wildman–Crippen LogP) is 3.04. The number of anilines is 1. The van der Waals surface area contributed by atoms with Crippen molar-refractivity contribution in [1.29, 1.82) is 0 Å². The highest BCUT2D eigenvalue weighted by atomic mass is 19.2. The van der Waals surface area contributed by atoms with Crippen LogP contribution in [-0.2, 0) is 13.0 Å². The molecule has 0 saturated carbocycles. The second-order valence-electron chi connectivity index (χ2n) is 6.51. The van der Waals surface area contributed by atoms with E-state index in [2.05, 4.69) is 14.9 Å². The van der Waals surface area contributed by atoms with Crippen molar-refractivity contribution in [3.8, 4) is 11.3 Å². The molecule has 4 rings (SSSR count). The Morgan fingerprint density at radius 3 is 2.59 bits per heavy atom. The number of aryl methyl sites for hydroxylation is 1. The lowest BCUT2D eigenvalue weighted by Gasteiger charge is -2.17. The molecule has 0 fully saturated rings. The van der Waals surface area contributed by atoms with Crippen molar-refractivity contribution < 1.29 is 8.78 Å². The number of nitrogens with zero attached hydrogens (tertiary/aromatic N) is 4. The van der Waals surface area contributed by atoms with Crippen LogP contribution < -0.4 is 10.5 Å². The molecule has 0 radical (unpaired) electrons. The zero-order chi connectivity index (χ0) is 18.8. The summed E-state index contributed by atoms with van der Waals surface area (Å²) in [6.07, 6.45) is 4.71. The van der Waals surface area contributed by atoms with E-state index in [1.807, 2.05) is 12.1 Å². The second-order valence-corrected chi connectivity index (χ2v) is 6.51. The molecule has 1 aliphatic heterocycles. The van der Waals surface area contributed by atoms with Gasteiger partial charge in [0, 0.05) is 43.7 Å². The molecule has 138 valence electrons. The number of pyridine rings is 1. The zero-order valence-corrected chi connectivity index (χ0v) is 14.6. The molecule has 0 amide bonds. The van der Waals surface area contributed by atoms with Gasteiger partial charge < -0.3 is 4.90 Å². The van der Waals surface area contributed by atoms with Crippen LogP contribution >= 0.6 is 0 Å². The Labute approximate surface area is 154 Å². The Bertz CT molecular complexity index is 1020. The van der Waals surface area contributed by atoms with E-state index >= 15 is 0 Å². The summed E-state index contributed by atoms with van der Waals surface area (Å²) in [6.45, 7) is 1.99. The molecule has 2 aromatic heterocycles. The number of hydrogen-bond donors (Lipinski definition) is 0. The molecular formula is C20H18F2N4O. The third-order valence-corrected chi connectivity index (χ3v) is 4.72. The average Bonchev–Trinajstić information content (AvgIpc) is 3.09. The van der Waals surface area contributed by atoms with Crippen LogP contribution in [-0.4, -0.2) is 27.6 Å². The lowest BCUT2D eigenvalue weighted by Crippen LogP contribution is -2.24. The molecule has 3 heterocycles. The van der Waals surface area contributed by atoms with E-state index in [1.54, 1.807) is 29.1 Å². The third-order valence-electron chi connectivity index (χ3n) is 4.72. The van der Waals surface area contributed by atoms with Gasteiger partial charge in [-0.15, -0.1) is 0 Å². The molecule has 7 heteroatoms. The van der Waals surface area contributed by atoms with Crippen LogP contribution in [0.15, 0.2) is 53.6 Å². The van der Waals surface area contributed by atoms with Gasteiger partial charge in [-0.2, -0.15) is 0 Å². The van der Waals surface area contributed by atoms with Crippen LogP contribution in [0.2, 0.25) is 0 Å². The van der Waals surface area contributed by atoms with Gasteiger partial charge in [-0.3, -0.25) is 14.3 Å². The number of fused-ring (bicyclic) bond motifs is 1. The molecule has 0 bridgehead atoms. The normalized spacial score (nSPS) is 13.0. The number of hydrogen-bond acceptors (Lipinski definition) is 4. The highest BCUT2D eigenvalue weighted by Crippen LogP contribution is 2.22. The smallest absolute Gasteiger partial charge is 0.255 e. The van der Waals surface area contributed by atoms with E-state index in [0.29, 0.717) is 37.7 Å². The van der Waals surface area contributed by atoms with E-state index in [1.165, 1.54) is 6.07 Å². The molecule has 0 aliphatic carbocycles.